The van der Waals surface area contributed by atoms with Crippen molar-refractivity contribution in [3.8, 4) is 0 Å². The Morgan fingerprint density at radius 1 is 1.44 bits per heavy atom. The van der Waals surface area contributed by atoms with Crippen molar-refractivity contribution in [2.75, 3.05) is 11.4 Å². The average Bonchev–Trinajstić information content (AvgIpc) is 2.38. The molecule has 0 aliphatic carbocycles. The Morgan fingerprint density at radius 3 is 2.89 bits per heavy atom. The van der Waals surface area contributed by atoms with Gasteiger partial charge in [-0.15, -0.1) is 0 Å². The van der Waals surface area contributed by atoms with Gasteiger partial charge in [0.2, 0.25) is 0 Å². The van der Waals surface area contributed by atoms with Gasteiger partial charge in [0.05, 0.1) is 11.0 Å². The van der Waals surface area contributed by atoms with Gasteiger partial charge in [-0.3, -0.25) is 10.1 Å². The van der Waals surface area contributed by atoms with E-state index in [1.807, 2.05) is 0 Å². The molecule has 2 rings (SSSR count). The van der Waals surface area contributed by atoms with Crippen LogP contribution in [0.3, 0.4) is 0 Å². The third kappa shape index (κ3) is 2.60. The lowest BCUT2D eigenvalue weighted by Crippen LogP contribution is -2.39. The third-order valence-electron chi connectivity index (χ3n) is 3.51. The molecular weight excluding hydrogens is 235 g/mol. The van der Waals surface area contributed by atoms with E-state index in [0.717, 1.165) is 31.9 Å². The highest BCUT2D eigenvalue weighted by Crippen LogP contribution is 2.29. The monoisotopic (exact) mass is 252 g/mol. The number of anilines is 1. The van der Waals surface area contributed by atoms with E-state index in [1.165, 1.54) is 18.6 Å². The topological polar surface area (TPSA) is 46.4 Å². The molecule has 1 heterocycles. The minimum absolute atomic E-state index is 0.176. The maximum Gasteiger partial charge on any atom is 0.274 e. The summed E-state index contributed by atoms with van der Waals surface area (Å²) in [6.07, 6.45) is 4.28. The molecule has 0 bridgehead atoms. The molecule has 0 N–H and O–H groups in total. The van der Waals surface area contributed by atoms with E-state index in [2.05, 4.69) is 11.8 Å². The quantitative estimate of drug-likeness (QED) is 0.611. The number of rotatable bonds is 3. The summed E-state index contributed by atoms with van der Waals surface area (Å²) in [7, 11) is 0. The molecule has 18 heavy (non-hydrogen) atoms. The van der Waals surface area contributed by atoms with Gasteiger partial charge in [-0.2, -0.15) is 0 Å². The highest BCUT2D eigenvalue weighted by Gasteiger charge is 2.23. The van der Waals surface area contributed by atoms with Gasteiger partial charge in [0.1, 0.15) is 5.82 Å². The largest absolute Gasteiger partial charge is 0.368 e. The summed E-state index contributed by atoms with van der Waals surface area (Å²) < 4.78 is 13.4. The second kappa shape index (κ2) is 5.33. The molecule has 4 nitrogen and oxygen atoms in total. The Hall–Kier alpha value is -1.65. The number of nitro groups is 1. The molecule has 1 saturated heterocycles. The summed E-state index contributed by atoms with van der Waals surface area (Å²) in [6.45, 7) is 2.94. The molecule has 1 fully saturated rings. The zero-order valence-corrected chi connectivity index (χ0v) is 10.4. The van der Waals surface area contributed by atoms with Gasteiger partial charge in [0.25, 0.3) is 5.69 Å². The van der Waals surface area contributed by atoms with E-state index < -0.39 is 10.7 Å². The normalized spacial score (nSPS) is 19.9. The van der Waals surface area contributed by atoms with Crippen LogP contribution in [0.15, 0.2) is 18.2 Å². The molecule has 0 aromatic heterocycles. The number of halogens is 1. The first kappa shape index (κ1) is 12.8. The van der Waals surface area contributed by atoms with Crippen LogP contribution in [0, 0.1) is 15.9 Å². The second-order valence-electron chi connectivity index (χ2n) is 4.68. The summed E-state index contributed by atoms with van der Waals surface area (Å²) >= 11 is 0. The number of non-ortho nitro benzene ring substituents is 1. The van der Waals surface area contributed by atoms with Gasteiger partial charge in [0, 0.05) is 24.3 Å². The van der Waals surface area contributed by atoms with Crippen molar-refractivity contribution in [3.63, 3.8) is 0 Å². The standard InChI is InChI=1S/C13H17FN2O2/c1-2-11-5-3-4-6-15(11)12-7-10(14)8-13(9-12)16(17)18/h7-9,11H,2-6H2,1H3. The van der Waals surface area contributed by atoms with Gasteiger partial charge in [0.15, 0.2) is 0 Å². The van der Waals surface area contributed by atoms with Gasteiger partial charge in [-0.1, -0.05) is 6.92 Å². The molecule has 5 heteroatoms. The molecule has 1 unspecified atom stereocenters. The lowest BCUT2D eigenvalue weighted by molar-refractivity contribution is -0.385. The molecule has 0 spiro atoms. The predicted molar refractivity (Wildman–Crippen MR) is 68.3 cm³/mol. The Labute approximate surface area is 106 Å². The fraction of sp³-hybridized carbons (Fsp3) is 0.538. The Bertz CT molecular complexity index is 451. The lowest BCUT2D eigenvalue weighted by Gasteiger charge is -2.37. The fourth-order valence-corrected chi connectivity index (χ4v) is 2.60. The summed E-state index contributed by atoms with van der Waals surface area (Å²) in [4.78, 5) is 12.3. The molecule has 0 amide bonds. The Kier molecular flexibility index (Phi) is 3.79. The first-order valence-electron chi connectivity index (χ1n) is 6.33. The van der Waals surface area contributed by atoms with Crippen LogP contribution in [-0.4, -0.2) is 17.5 Å². The lowest BCUT2D eigenvalue weighted by atomic mass is 9.99. The summed E-state index contributed by atoms with van der Waals surface area (Å²) in [5.41, 5.74) is 0.457. The molecule has 98 valence electrons. The van der Waals surface area contributed by atoms with Crippen molar-refractivity contribution in [3.05, 3.63) is 34.1 Å². The highest BCUT2D eigenvalue weighted by atomic mass is 19.1. The zero-order chi connectivity index (χ0) is 13.1. The van der Waals surface area contributed by atoms with E-state index in [9.17, 15) is 14.5 Å². The van der Waals surface area contributed by atoms with Crippen molar-refractivity contribution in [1.29, 1.82) is 0 Å². The first-order valence-corrected chi connectivity index (χ1v) is 6.33. The zero-order valence-electron chi connectivity index (χ0n) is 10.4. The Balaban J connectivity index is 2.33. The van der Waals surface area contributed by atoms with Crippen LogP contribution in [-0.2, 0) is 0 Å². The minimum atomic E-state index is -0.544. The predicted octanol–water partition coefficient (Wildman–Crippen LogP) is 3.50. The minimum Gasteiger partial charge on any atom is -0.368 e. The van der Waals surface area contributed by atoms with Crippen LogP contribution >= 0.6 is 0 Å². The van der Waals surface area contributed by atoms with Crippen molar-refractivity contribution in [2.24, 2.45) is 0 Å². The number of piperidine rings is 1. The first-order chi connectivity index (χ1) is 8.61. The van der Waals surface area contributed by atoms with Crippen LogP contribution < -0.4 is 4.90 Å². The molecule has 0 saturated carbocycles. The van der Waals surface area contributed by atoms with E-state index >= 15 is 0 Å². The van der Waals surface area contributed by atoms with Crippen LogP contribution in [0.1, 0.15) is 32.6 Å². The van der Waals surface area contributed by atoms with Crippen LogP contribution in [0.2, 0.25) is 0 Å². The van der Waals surface area contributed by atoms with Gasteiger partial charge in [-0.25, -0.2) is 4.39 Å². The van der Waals surface area contributed by atoms with Crippen LogP contribution in [0.25, 0.3) is 0 Å². The molecule has 1 aliphatic heterocycles. The smallest absolute Gasteiger partial charge is 0.274 e. The maximum atomic E-state index is 13.4. The number of benzene rings is 1. The number of nitro benzene ring substituents is 1. The van der Waals surface area contributed by atoms with Crippen LogP contribution in [0.5, 0.6) is 0 Å². The SMILES string of the molecule is CCC1CCCCN1c1cc(F)cc([N+](=O)[O-])c1. The summed E-state index contributed by atoms with van der Waals surface area (Å²) in [5, 5.41) is 10.8. The van der Waals surface area contributed by atoms with E-state index in [1.54, 1.807) is 0 Å². The van der Waals surface area contributed by atoms with Crippen molar-refractivity contribution >= 4 is 11.4 Å². The van der Waals surface area contributed by atoms with Gasteiger partial charge in [-0.05, 0) is 31.7 Å². The van der Waals surface area contributed by atoms with E-state index in [4.69, 9.17) is 0 Å². The maximum absolute atomic E-state index is 13.4. The van der Waals surface area contributed by atoms with Crippen LogP contribution in [0.4, 0.5) is 15.8 Å². The number of hydrogen-bond acceptors (Lipinski definition) is 3. The summed E-state index contributed by atoms with van der Waals surface area (Å²) in [5.74, 6) is -0.542. The second-order valence-corrected chi connectivity index (χ2v) is 4.68. The number of hydrogen-bond donors (Lipinski definition) is 0. The van der Waals surface area contributed by atoms with Crippen molar-refractivity contribution < 1.29 is 9.31 Å². The van der Waals surface area contributed by atoms with Gasteiger partial charge < -0.3 is 4.90 Å². The van der Waals surface area contributed by atoms with Crippen molar-refractivity contribution in [1.82, 2.24) is 0 Å². The van der Waals surface area contributed by atoms with Crippen molar-refractivity contribution in [2.45, 2.75) is 38.6 Å². The fourth-order valence-electron chi connectivity index (χ4n) is 2.60. The third-order valence-corrected chi connectivity index (χ3v) is 3.51. The van der Waals surface area contributed by atoms with E-state index in [-0.39, 0.29) is 5.69 Å². The van der Waals surface area contributed by atoms with Gasteiger partial charge >= 0.3 is 0 Å². The van der Waals surface area contributed by atoms with E-state index in [0.29, 0.717) is 11.7 Å². The number of nitrogens with zero attached hydrogens (tertiary/aromatic N) is 2. The molecule has 1 aromatic rings. The molecular formula is C13H17FN2O2. The molecule has 1 atom stereocenters. The highest BCUT2D eigenvalue weighted by molar-refractivity contribution is 5.54. The molecule has 1 aromatic carbocycles. The molecule has 1 aliphatic rings. The molecule has 0 radical (unpaired) electrons. The average molecular weight is 252 g/mol. The summed E-state index contributed by atoms with van der Waals surface area (Å²) in [6, 6.07) is 4.19. The Morgan fingerprint density at radius 2 is 2.22 bits per heavy atom.